The van der Waals surface area contributed by atoms with Crippen LogP contribution in [-0.4, -0.2) is 101 Å². The van der Waals surface area contributed by atoms with Crippen molar-refractivity contribution in [3.05, 3.63) is 11.4 Å². The number of imide groups is 3. The van der Waals surface area contributed by atoms with E-state index in [-0.39, 0.29) is 47.3 Å². The van der Waals surface area contributed by atoms with Gasteiger partial charge in [0.05, 0.1) is 13.2 Å². The fourth-order valence-corrected chi connectivity index (χ4v) is 6.98. The standard InChI is InChI=1S/C26H38N6O6/c1-4-5-10-30-20(33)18(19(27)28-2)21(34)32(24(30)37)17-6-8-25(9-7-17)14-26(15-25)22(35)29(3)23(36)31(26)11-16-12-38-13-16/h16-17,28H,4-15,27H2,1-3H3/b19-18+. The molecule has 38 heavy (non-hydrogen) atoms. The molecular formula is C26H38N6O6. The fraction of sp³-hybridized carbons (Fsp3) is 0.731. The van der Waals surface area contributed by atoms with E-state index in [0.717, 1.165) is 24.2 Å². The average molecular weight is 531 g/mol. The Labute approximate surface area is 222 Å². The predicted octanol–water partition coefficient (Wildman–Crippen LogP) is 0.969. The Morgan fingerprint density at radius 2 is 1.71 bits per heavy atom. The molecule has 5 fully saturated rings. The van der Waals surface area contributed by atoms with Crippen LogP contribution in [0.25, 0.3) is 0 Å². The molecule has 0 unspecified atom stereocenters. The number of hydrogen-bond donors (Lipinski definition) is 2. The first-order valence-electron chi connectivity index (χ1n) is 13.6. The summed E-state index contributed by atoms with van der Waals surface area (Å²) in [5.41, 5.74) is 4.87. The van der Waals surface area contributed by atoms with Crippen molar-refractivity contribution >= 4 is 29.8 Å². The quantitative estimate of drug-likeness (QED) is 0.281. The number of carbonyl (C=O) groups excluding carboxylic acids is 5. The van der Waals surface area contributed by atoms with Crippen molar-refractivity contribution in [1.29, 1.82) is 0 Å². The minimum atomic E-state index is -0.800. The molecular weight excluding hydrogens is 492 g/mol. The van der Waals surface area contributed by atoms with Crippen molar-refractivity contribution in [2.75, 3.05) is 40.4 Å². The van der Waals surface area contributed by atoms with Gasteiger partial charge in [0.2, 0.25) is 0 Å². The van der Waals surface area contributed by atoms with Crippen LogP contribution in [0.2, 0.25) is 0 Å². The van der Waals surface area contributed by atoms with E-state index in [9.17, 15) is 24.0 Å². The molecule has 2 aliphatic carbocycles. The van der Waals surface area contributed by atoms with Gasteiger partial charge in [0.1, 0.15) is 16.9 Å². The summed E-state index contributed by atoms with van der Waals surface area (Å²) < 4.78 is 5.28. The minimum absolute atomic E-state index is 0.0438. The molecule has 0 atom stereocenters. The Balaban J connectivity index is 1.31. The normalized spacial score (nSPS) is 33.4. The van der Waals surface area contributed by atoms with Gasteiger partial charge in [-0.15, -0.1) is 0 Å². The molecule has 5 rings (SSSR count). The topological polar surface area (TPSA) is 146 Å². The van der Waals surface area contributed by atoms with Gasteiger partial charge in [-0.05, 0) is 50.4 Å². The molecule has 7 amide bonds. The minimum Gasteiger partial charge on any atom is -0.385 e. The number of ether oxygens (including phenoxy) is 1. The maximum atomic E-state index is 13.4. The van der Waals surface area contributed by atoms with E-state index in [1.54, 1.807) is 11.9 Å². The van der Waals surface area contributed by atoms with Crippen LogP contribution in [-0.2, 0) is 19.1 Å². The van der Waals surface area contributed by atoms with Gasteiger partial charge in [0, 0.05) is 39.1 Å². The third-order valence-electron chi connectivity index (χ3n) is 9.20. The maximum Gasteiger partial charge on any atom is 0.334 e. The molecule has 2 spiro atoms. The molecule has 2 saturated carbocycles. The van der Waals surface area contributed by atoms with Gasteiger partial charge < -0.3 is 20.7 Å². The molecule has 0 aromatic heterocycles. The number of urea groups is 2. The summed E-state index contributed by atoms with van der Waals surface area (Å²) in [7, 11) is 3.08. The zero-order valence-electron chi connectivity index (χ0n) is 22.5. The molecule has 0 aromatic carbocycles. The molecule has 3 saturated heterocycles. The Hall–Kier alpha value is -3.15. The highest BCUT2D eigenvalue weighted by molar-refractivity contribution is 6.29. The van der Waals surface area contributed by atoms with Crippen molar-refractivity contribution in [1.82, 2.24) is 24.9 Å². The van der Waals surface area contributed by atoms with E-state index < -0.39 is 23.4 Å². The SMILES string of the molecule is CCCCN1C(=O)/C(=C(/N)NC)C(=O)N(C2CCC3(CC2)CC2(C3)C(=O)N(C)C(=O)N2CC2COC2)C1=O. The summed E-state index contributed by atoms with van der Waals surface area (Å²) in [4.78, 5) is 71.2. The van der Waals surface area contributed by atoms with Gasteiger partial charge in [-0.1, -0.05) is 13.3 Å². The summed E-state index contributed by atoms with van der Waals surface area (Å²) in [6.45, 7) is 3.93. The third-order valence-corrected chi connectivity index (χ3v) is 9.20. The molecule has 3 N–H and O–H groups in total. The Bertz CT molecular complexity index is 1080. The van der Waals surface area contributed by atoms with E-state index >= 15 is 0 Å². The van der Waals surface area contributed by atoms with E-state index in [2.05, 4.69) is 5.32 Å². The summed E-state index contributed by atoms with van der Waals surface area (Å²) in [5.74, 6) is -1.24. The summed E-state index contributed by atoms with van der Waals surface area (Å²) in [6.07, 6.45) is 5.21. The molecule has 12 nitrogen and oxygen atoms in total. The largest absolute Gasteiger partial charge is 0.385 e. The maximum absolute atomic E-state index is 13.4. The van der Waals surface area contributed by atoms with Crippen LogP contribution in [0.1, 0.15) is 58.3 Å². The first kappa shape index (κ1) is 26.5. The van der Waals surface area contributed by atoms with Gasteiger partial charge in [-0.3, -0.25) is 29.1 Å². The van der Waals surface area contributed by atoms with Crippen LogP contribution >= 0.6 is 0 Å². The van der Waals surface area contributed by atoms with Gasteiger partial charge in [-0.25, -0.2) is 9.59 Å². The van der Waals surface area contributed by atoms with Crippen molar-refractivity contribution in [3.8, 4) is 0 Å². The molecule has 3 heterocycles. The van der Waals surface area contributed by atoms with E-state index in [4.69, 9.17) is 10.5 Å². The lowest BCUT2D eigenvalue weighted by Crippen LogP contribution is -2.66. The number of nitrogens with one attached hydrogen (secondary N) is 1. The Morgan fingerprint density at radius 1 is 1.05 bits per heavy atom. The third kappa shape index (κ3) is 3.87. The van der Waals surface area contributed by atoms with Crippen LogP contribution in [0, 0.1) is 11.3 Å². The molecule has 3 aliphatic heterocycles. The second-order valence-electron chi connectivity index (χ2n) is 11.6. The number of barbiturate groups is 1. The summed E-state index contributed by atoms with van der Waals surface area (Å²) >= 11 is 0. The first-order chi connectivity index (χ1) is 18.1. The zero-order valence-corrected chi connectivity index (χ0v) is 22.5. The number of amides is 7. The number of carbonyl (C=O) groups is 5. The zero-order chi connectivity index (χ0) is 27.4. The fourth-order valence-electron chi connectivity index (χ4n) is 6.98. The molecule has 0 aromatic rings. The second kappa shape index (κ2) is 9.55. The lowest BCUT2D eigenvalue weighted by atomic mass is 9.51. The van der Waals surface area contributed by atoms with Gasteiger partial charge in [0.15, 0.2) is 0 Å². The van der Waals surface area contributed by atoms with Crippen LogP contribution in [0.5, 0.6) is 0 Å². The number of hydrogen-bond acceptors (Lipinski definition) is 8. The number of nitrogens with two attached hydrogens (primary N) is 1. The monoisotopic (exact) mass is 530 g/mol. The number of rotatable bonds is 7. The van der Waals surface area contributed by atoms with E-state index in [0.29, 0.717) is 51.9 Å². The van der Waals surface area contributed by atoms with Gasteiger partial charge in [0.25, 0.3) is 17.7 Å². The Morgan fingerprint density at radius 3 is 2.26 bits per heavy atom. The van der Waals surface area contributed by atoms with Gasteiger partial charge >= 0.3 is 12.1 Å². The second-order valence-corrected chi connectivity index (χ2v) is 11.6. The van der Waals surface area contributed by atoms with E-state index in [1.807, 2.05) is 6.92 Å². The molecule has 5 aliphatic rings. The summed E-state index contributed by atoms with van der Waals surface area (Å²) in [6, 6.07) is -1.19. The average Bonchev–Trinajstić information content (AvgIpc) is 3.02. The van der Waals surface area contributed by atoms with Crippen molar-refractivity contribution in [3.63, 3.8) is 0 Å². The molecule has 0 radical (unpaired) electrons. The predicted molar refractivity (Wildman–Crippen MR) is 135 cm³/mol. The molecule has 208 valence electrons. The van der Waals surface area contributed by atoms with Crippen LogP contribution in [0.15, 0.2) is 11.4 Å². The van der Waals surface area contributed by atoms with Crippen LogP contribution < -0.4 is 11.1 Å². The van der Waals surface area contributed by atoms with Crippen molar-refractivity contribution in [2.45, 2.75) is 69.9 Å². The highest BCUT2D eigenvalue weighted by Crippen LogP contribution is 2.61. The first-order valence-corrected chi connectivity index (χ1v) is 13.6. The Kier molecular flexibility index (Phi) is 6.65. The van der Waals surface area contributed by atoms with E-state index in [1.165, 1.54) is 16.8 Å². The highest BCUT2D eigenvalue weighted by Gasteiger charge is 2.68. The van der Waals surface area contributed by atoms with Crippen molar-refractivity contribution in [2.24, 2.45) is 17.1 Å². The smallest absolute Gasteiger partial charge is 0.334 e. The lowest BCUT2D eigenvalue weighted by molar-refractivity contribution is -0.153. The molecule has 0 bridgehead atoms. The van der Waals surface area contributed by atoms with Crippen LogP contribution in [0.3, 0.4) is 0 Å². The number of unbranched alkanes of at least 4 members (excludes halogenated alkanes) is 1. The number of likely N-dealkylation sites (N-methyl/N-ethyl adjacent to an activating group) is 1. The molecule has 12 heteroatoms. The van der Waals surface area contributed by atoms with Gasteiger partial charge in [-0.2, -0.15) is 0 Å². The highest BCUT2D eigenvalue weighted by atomic mass is 16.5. The van der Waals surface area contributed by atoms with Crippen molar-refractivity contribution < 1.29 is 28.7 Å². The number of nitrogens with zero attached hydrogens (tertiary/aromatic N) is 4. The lowest BCUT2D eigenvalue weighted by Gasteiger charge is -2.59. The summed E-state index contributed by atoms with van der Waals surface area (Å²) in [5, 5.41) is 2.68. The van der Waals surface area contributed by atoms with Crippen LogP contribution in [0.4, 0.5) is 9.59 Å².